The molecule has 1 aliphatic rings. The summed E-state index contributed by atoms with van der Waals surface area (Å²) in [7, 11) is 1.61. The number of aromatic nitrogens is 3. The Morgan fingerprint density at radius 3 is 2.83 bits per heavy atom. The summed E-state index contributed by atoms with van der Waals surface area (Å²) in [6, 6.07) is 10.9. The number of fused-ring (bicyclic) bond motifs is 1. The summed E-state index contributed by atoms with van der Waals surface area (Å²) in [5.41, 5.74) is 1.60. The zero-order valence-electron chi connectivity index (χ0n) is 15.7. The highest BCUT2D eigenvalue weighted by Crippen LogP contribution is 2.38. The molecular formula is C20H19ClN4O4. The molecule has 0 bridgehead atoms. The van der Waals surface area contributed by atoms with Gasteiger partial charge in [0.25, 0.3) is 0 Å². The lowest BCUT2D eigenvalue weighted by molar-refractivity contribution is -0.120. The number of rotatable bonds is 6. The maximum Gasteiger partial charge on any atom is 0.224 e. The van der Waals surface area contributed by atoms with Crippen LogP contribution in [0.5, 0.6) is 17.2 Å². The van der Waals surface area contributed by atoms with Gasteiger partial charge in [0, 0.05) is 5.56 Å². The Labute approximate surface area is 172 Å². The number of hydrogen-bond acceptors (Lipinski definition) is 6. The smallest absolute Gasteiger partial charge is 0.224 e. The second kappa shape index (κ2) is 8.40. The summed E-state index contributed by atoms with van der Waals surface area (Å²) >= 11 is 6.22. The van der Waals surface area contributed by atoms with Crippen molar-refractivity contribution in [2.45, 2.75) is 13.0 Å². The predicted molar refractivity (Wildman–Crippen MR) is 106 cm³/mol. The van der Waals surface area contributed by atoms with Crippen LogP contribution in [-0.4, -0.2) is 41.4 Å². The first-order chi connectivity index (χ1) is 14.1. The lowest BCUT2D eigenvalue weighted by atomic mass is 10.1. The summed E-state index contributed by atoms with van der Waals surface area (Å²) < 4.78 is 16.2. The Balaban J connectivity index is 1.35. The molecule has 4 rings (SSSR count). The minimum Gasteiger partial charge on any atom is -0.497 e. The average molecular weight is 415 g/mol. The van der Waals surface area contributed by atoms with E-state index in [2.05, 4.69) is 20.5 Å². The summed E-state index contributed by atoms with van der Waals surface area (Å²) in [5.74, 6) is 2.79. The van der Waals surface area contributed by atoms with Crippen LogP contribution in [0.25, 0.3) is 11.4 Å². The molecule has 0 radical (unpaired) electrons. The first-order valence-corrected chi connectivity index (χ1v) is 9.40. The van der Waals surface area contributed by atoms with Crippen molar-refractivity contribution in [3.8, 4) is 28.6 Å². The standard InChI is InChI=1S/C20H19ClN4O4/c1-27-14-4-2-13(3-5-14)20-23-17(24-25-20)11-22-18(26)10-12-8-15(21)19-16(9-12)28-6-7-29-19/h2-5,8-9H,6-7,10-11H2,1H3,(H,22,26)(H,23,24,25). The van der Waals surface area contributed by atoms with E-state index in [9.17, 15) is 4.79 Å². The van der Waals surface area contributed by atoms with Crippen molar-refractivity contribution in [3.05, 3.63) is 52.8 Å². The Morgan fingerprint density at radius 1 is 1.24 bits per heavy atom. The van der Waals surface area contributed by atoms with Crippen LogP contribution in [-0.2, 0) is 17.8 Å². The molecule has 0 fully saturated rings. The molecule has 3 aromatic rings. The van der Waals surface area contributed by atoms with Gasteiger partial charge >= 0.3 is 0 Å². The number of nitrogens with zero attached hydrogens (tertiary/aromatic N) is 2. The summed E-state index contributed by atoms with van der Waals surface area (Å²) in [4.78, 5) is 16.7. The van der Waals surface area contributed by atoms with Crippen molar-refractivity contribution in [1.82, 2.24) is 20.5 Å². The second-order valence-corrected chi connectivity index (χ2v) is 6.80. The molecule has 2 N–H and O–H groups in total. The summed E-state index contributed by atoms with van der Waals surface area (Å²) in [6.07, 6.45) is 0.163. The number of methoxy groups -OCH3 is 1. The maximum absolute atomic E-state index is 12.3. The molecule has 150 valence electrons. The van der Waals surface area contributed by atoms with Crippen LogP contribution >= 0.6 is 11.6 Å². The summed E-state index contributed by atoms with van der Waals surface area (Å²) in [5, 5.41) is 10.3. The third kappa shape index (κ3) is 4.43. The number of benzene rings is 2. The van der Waals surface area contributed by atoms with E-state index in [4.69, 9.17) is 25.8 Å². The number of nitrogens with one attached hydrogen (secondary N) is 2. The number of hydrogen-bond donors (Lipinski definition) is 2. The second-order valence-electron chi connectivity index (χ2n) is 6.39. The third-order valence-corrected chi connectivity index (χ3v) is 4.63. The van der Waals surface area contributed by atoms with E-state index in [0.717, 1.165) is 16.9 Å². The van der Waals surface area contributed by atoms with E-state index in [1.54, 1.807) is 19.2 Å². The monoisotopic (exact) mass is 414 g/mol. The van der Waals surface area contributed by atoms with Crippen molar-refractivity contribution < 1.29 is 19.0 Å². The fourth-order valence-corrected chi connectivity index (χ4v) is 3.23. The number of carbonyl (C=O) groups is 1. The third-order valence-electron chi connectivity index (χ3n) is 4.35. The fourth-order valence-electron chi connectivity index (χ4n) is 2.94. The number of halogens is 1. The number of ether oxygens (including phenoxy) is 3. The normalized spacial score (nSPS) is 12.5. The zero-order valence-corrected chi connectivity index (χ0v) is 16.5. The summed E-state index contributed by atoms with van der Waals surface area (Å²) in [6.45, 7) is 1.16. The van der Waals surface area contributed by atoms with Crippen molar-refractivity contribution in [2.75, 3.05) is 20.3 Å². The van der Waals surface area contributed by atoms with Crippen LogP contribution in [0.2, 0.25) is 5.02 Å². The number of carbonyl (C=O) groups excluding carboxylic acids is 1. The van der Waals surface area contributed by atoms with Gasteiger partial charge in [0.15, 0.2) is 17.3 Å². The number of amides is 1. The van der Waals surface area contributed by atoms with Crippen molar-refractivity contribution in [2.24, 2.45) is 0 Å². The Bertz CT molecular complexity index is 1020. The molecule has 8 nitrogen and oxygen atoms in total. The van der Waals surface area contributed by atoms with Gasteiger partial charge in [-0.05, 0) is 42.0 Å². The first-order valence-electron chi connectivity index (χ1n) is 9.03. The quantitative estimate of drug-likeness (QED) is 0.643. The molecule has 0 saturated carbocycles. The molecule has 29 heavy (non-hydrogen) atoms. The topological polar surface area (TPSA) is 98.4 Å². The molecule has 0 atom stereocenters. The molecule has 1 aromatic heterocycles. The van der Waals surface area contributed by atoms with Crippen LogP contribution in [0.3, 0.4) is 0 Å². The molecule has 9 heteroatoms. The predicted octanol–water partition coefficient (Wildman–Crippen LogP) is 2.76. The molecule has 0 spiro atoms. The van der Waals surface area contributed by atoms with Gasteiger partial charge in [0.2, 0.25) is 5.91 Å². The zero-order chi connectivity index (χ0) is 20.2. The lowest BCUT2D eigenvalue weighted by Gasteiger charge is -2.20. The van der Waals surface area contributed by atoms with E-state index >= 15 is 0 Å². The van der Waals surface area contributed by atoms with Gasteiger partial charge < -0.3 is 19.5 Å². The van der Waals surface area contributed by atoms with Crippen LogP contribution in [0.4, 0.5) is 0 Å². The molecular weight excluding hydrogens is 396 g/mol. The molecule has 0 aliphatic carbocycles. The molecule has 0 unspecified atom stereocenters. The average Bonchev–Trinajstić information content (AvgIpc) is 3.21. The Morgan fingerprint density at radius 2 is 2.03 bits per heavy atom. The lowest BCUT2D eigenvalue weighted by Crippen LogP contribution is -2.25. The molecule has 1 amide bonds. The molecule has 0 saturated heterocycles. The van der Waals surface area contributed by atoms with E-state index < -0.39 is 0 Å². The Hall–Kier alpha value is -3.26. The minimum absolute atomic E-state index is 0.163. The van der Waals surface area contributed by atoms with E-state index in [-0.39, 0.29) is 18.9 Å². The van der Waals surface area contributed by atoms with Gasteiger partial charge in [-0.25, -0.2) is 4.98 Å². The van der Waals surface area contributed by atoms with E-state index in [1.165, 1.54) is 0 Å². The highest BCUT2D eigenvalue weighted by atomic mass is 35.5. The highest BCUT2D eigenvalue weighted by Gasteiger charge is 2.18. The van der Waals surface area contributed by atoms with Crippen LogP contribution in [0.1, 0.15) is 11.4 Å². The van der Waals surface area contributed by atoms with Crippen LogP contribution in [0.15, 0.2) is 36.4 Å². The van der Waals surface area contributed by atoms with Gasteiger partial charge in [-0.15, -0.1) is 0 Å². The van der Waals surface area contributed by atoms with Crippen molar-refractivity contribution >= 4 is 17.5 Å². The maximum atomic E-state index is 12.3. The van der Waals surface area contributed by atoms with E-state index in [1.807, 2.05) is 24.3 Å². The number of H-pyrrole nitrogens is 1. The Kier molecular flexibility index (Phi) is 5.53. The first kappa shape index (κ1) is 19.1. The van der Waals surface area contributed by atoms with Crippen molar-refractivity contribution in [1.29, 1.82) is 0 Å². The van der Waals surface area contributed by atoms with Gasteiger partial charge in [-0.2, -0.15) is 5.10 Å². The molecule has 2 aromatic carbocycles. The van der Waals surface area contributed by atoms with Gasteiger partial charge in [-0.3, -0.25) is 9.89 Å². The highest BCUT2D eigenvalue weighted by molar-refractivity contribution is 6.32. The minimum atomic E-state index is -0.167. The van der Waals surface area contributed by atoms with Crippen LogP contribution in [0, 0.1) is 0 Å². The van der Waals surface area contributed by atoms with Gasteiger partial charge in [0.05, 0.1) is 25.1 Å². The van der Waals surface area contributed by atoms with Gasteiger partial charge in [-0.1, -0.05) is 11.6 Å². The molecule has 2 heterocycles. The van der Waals surface area contributed by atoms with Crippen molar-refractivity contribution in [3.63, 3.8) is 0 Å². The van der Waals surface area contributed by atoms with Gasteiger partial charge in [0.1, 0.15) is 24.8 Å². The van der Waals surface area contributed by atoms with E-state index in [0.29, 0.717) is 41.4 Å². The SMILES string of the molecule is COc1ccc(-c2n[nH]c(CNC(=O)Cc3cc(Cl)c4c(c3)OCCO4)n2)cc1. The fraction of sp³-hybridized carbons (Fsp3) is 0.250. The van der Waals surface area contributed by atoms with Crippen LogP contribution < -0.4 is 19.5 Å². The molecule has 1 aliphatic heterocycles. The largest absolute Gasteiger partial charge is 0.497 e. The number of aromatic amines is 1.